The number of rotatable bonds is 0. The second-order valence-corrected chi connectivity index (χ2v) is 3.65. The predicted molar refractivity (Wildman–Crippen MR) is 48.0 cm³/mol. The van der Waals surface area contributed by atoms with Crippen molar-refractivity contribution in [1.29, 1.82) is 0 Å². The highest BCUT2D eigenvalue weighted by atomic mass is 35.5. The fraction of sp³-hybridized carbons (Fsp3) is 0.250. The molecule has 0 fully saturated rings. The Labute approximate surface area is 100.0 Å². The number of pyridine rings is 1. The molecule has 2 heterocycles. The van der Waals surface area contributed by atoms with Gasteiger partial charge in [0.25, 0.3) is 5.82 Å². The minimum Gasteiger partial charge on any atom is -0.203 e. The first-order valence-electron chi connectivity index (χ1n) is 4.30. The molecule has 0 saturated carbocycles. The Bertz CT molecular complexity index is 599. The van der Waals surface area contributed by atoms with Crippen LogP contribution < -0.4 is 0 Å². The van der Waals surface area contributed by atoms with Gasteiger partial charge in [0.1, 0.15) is 5.15 Å². The van der Waals surface area contributed by atoms with E-state index < -0.39 is 34.5 Å². The third kappa shape index (κ3) is 2.22. The van der Waals surface area contributed by atoms with Crippen molar-refractivity contribution in [2.45, 2.75) is 12.4 Å². The molecule has 0 radical (unpaired) electrons. The monoisotopic (exact) mass is 289 g/mol. The van der Waals surface area contributed by atoms with Crippen molar-refractivity contribution in [3.63, 3.8) is 0 Å². The van der Waals surface area contributed by atoms with Crippen LogP contribution in [0.4, 0.5) is 26.3 Å². The Morgan fingerprint density at radius 2 is 1.61 bits per heavy atom. The average molecular weight is 290 g/mol. The minimum absolute atomic E-state index is 0.439. The molecule has 2 aromatic heterocycles. The topological polar surface area (TPSA) is 30.2 Å². The molecular formula is C8H2ClF6N3. The second-order valence-electron chi connectivity index (χ2n) is 3.27. The van der Waals surface area contributed by atoms with Gasteiger partial charge in [-0.1, -0.05) is 11.6 Å². The van der Waals surface area contributed by atoms with Gasteiger partial charge in [-0.3, -0.25) is 0 Å². The maximum Gasteiger partial charge on any atom is 0.453 e. The van der Waals surface area contributed by atoms with Crippen molar-refractivity contribution < 1.29 is 26.3 Å². The van der Waals surface area contributed by atoms with Crippen molar-refractivity contribution >= 4 is 17.2 Å². The normalized spacial score (nSPS) is 13.3. The first-order valence-corrected chi connectivity index (χ1v) is 4.67. The standard InChI is InChI=1S/C8H2ClF6N3/c9-4-1-3(7(10,11)12)2-5-16-6(8(13,14)15)17-18(4)5/h1-2H. The van der Waals surface area contributed by atoms with Crippen LogP contribution in [0.1, 0.15) is 11.4 Å². The Balaban J connectivity index is 2.67. The molecule has 0 unspecified atom stereocenters. The van der Waals surface area contributed by atoms with E-state index in [-0.39, 0.29) is 0 Å². The van der Waals surface area contributed by atoms with Crippen LogP contribution in [0.15, 0.2) is 12.1 Å². The lowest BCUT2D eigenvalue weighted by atomic mass is 10.2. The molecule has 0 aliphatic carbocycles. The number of nitrogens with zero attached hydrogens (tertiary/aromatic N) is 3. The molecule has 2 aromatic rings. The molecule has 2 rings (SSSR count). The summed E-state index contributed by atoms with van der Waals surface area (Å²) < 4.78 is 74.5. The third-order valence-corrected chi connectivity index (χ3v) is 2.24. The minimum atomic E-state index is -4.85. The highest BCUT2D eigenvalue weighted by molar-refractivity contribution is 6.29. The summed E-state index contributed by atoms with van der Waals surface area (Å²) >= 11 is 5.42. The van der Waals surface area contributed by atoms with Gasteiger partial charge < -0.3 is 0 Å². The first kappa shape index (κ1) is 12.9. The van der Waals surface area contributed by atoms with E-state index in [0.717, 1.165) is 0 Å². The first-order chi connectivity index (χ1) is 8.09. The number of hydrogen-bond donors (Lipinski definition) is 0. The van der Waals surface area contributed by atoms with Crippen LogP contribution in [-0.4, -0.2) is 14.6 Å². The molecule has 3 nitrogen and oxygen atoms in total. The number of aromatic nitrogens is 3. The summed E-state index contributed by atoms with van der Waals surface area (Å²) in [7, 11) is 0. The van der Waals surface area contributed by atoms with Gasteiger partial charge in [-0.25, -0.2) is 9.50 Å². The van der Waals surface area contributed by atoms with Crippen LogP contribution in [0.5, 0.6) is 0 Å². The Morgan fingerprint density at radius 3 is 2.11 bits per heavy atom. The molecule has 0 amide bonds. The molecule has 0 atom stereocenters. The summed E-state index contributed by atoms with van der Waals surface area (Å²) in [5, 5.41) is 2.38. The van der Waals surface area contributed by atoms with Crippen molar-refractivity contribution in [2.24, 2.45) is 0 Å². The summed E-state index contributed by atoms with van der Waals surface area (Å²) in [5.74, 6) is -1.55. The molecule has 18 heavy (non-hydrogen) atoms. The largest absolute Gasteiger partial charge is 0.453 e. The van der Waals surface area contributed by atoms with Crippen LogP contribution in [-0.2, 0) is 12.4 Å². The maximum absolute atomic E-state index is 12.4. The van der Waals surface area contributed by atoms with E-state index >= 15 is 0 Å². The zero-order valence-electron chi connectivity index (χ0n) is 8.14. The van der Waals surface area contributed by atoms with E-state index in [1.807, 2.05) is 0 Å². The van der Waals surface area contributed by atoms with Gasteiger partial charge >= 0.3 is 12.4 Å². The summed E-state index contributed by atoms with van der Waals surface area (Å²) in [4.78, 5) is 2.96. The molecule has 0 bridgehead atoms. The van der Waals surface area contributed by atoms with Gasteiger partial charge in [-0.15, -0.1) is 5.10 Å². The van der Waals surface area contributed by atoms with Crippen LogP contribution in [0.25, 0.3) is 5.65 Å². The lowest BCUT2D eigenvalue weighted by Gasteiger charge is -2.06. The second kappa shape index (κ2) is 3.74. The highest BCUT2D eigenvalue weighted by Gasteiger charge is 2.37. The zero-order chi connectivity index (χ0) is 13.7. The fourth-order valence-electron chi connectivity index (χ4n) is 1.23. The molecule has 0 aliphatic heterocycles. The van der Waals surface area contributed by atoms with Crippen LogP contribution >= 0.6 is 11.6 Å². The van der Waals surface area contributed by atoms with Crippen molar-refractivity contribution in [3.8, 4) is 0 Å². The molecule has 0 spiro atoms. The van der Waals surface area contributed by atoms with E-state index in [2.05, 4.69) is 10.1 Å². The highest BCUT2D eigenvalue weighted by Crippen LogP contribution is 2.33. The van der Waals surface area contributed by atoms with E-state index in [1.54, 1.807) is 0 Å². The van der Waals surface area contributed by atoms with E-state index in [0.29, 0.717) is 16.6 Å². The molecular weight excluding hydrogens is 288 g/mol. The smallest absolute Gasteiger partial charge is 0.203 e. The predicted octanol–water partition coefficient (Wildman–Crippen LogP) is 3.42. The summed E-state index contributed by atoms with van der Waals surface area (Å²) in [6, 6.07) is 0.914. The zero-order valence-corrected chi connectivity index (χ0v) is 8.90. The van der Waals surface area contributed by atoms with Crippen molar-refractivity contribution in [2.75, 3.05) is 0 Å². The Hall–Kier alpha value is -1.51. The molecule has 0 saturated heterocycles. The third-order valence-electron chi connectivity index (χ3n) is 1.97. The number of hydrogen-bond acceptors (Lipinski definition) is 2. The summed E-state index contributed by atoms with van der Waals surface area (Å²) in [6.07, 6.45) is -9.58. The van der Waals surface area contributed by atoms with Gasteiger partial charge in [0, 0.05) is 0 Å². The summed E-state index contributed by atoms with van der Waals surface area (Å²) in [6.45, 7) is 0. The number of alkyl halides is 6. The van der Waals surface area contributed by atoms with Crippen LogP contribution in [0, 0.1) is 0 Å². The number of fused-ring (bicyclic) bond motifs is 1. The van der Waals surface area contributed by atoms with Gasteiger partial charge in [-0.2, -0.15) is 26.3 Å². The SMILES string of the molecule is FC(F)(F)c1cc(Cl)n2nc(C(F)(F)F)nc2c1. The average Bonchev–Trinajstić information content (AvgIpc) is 2.59. The van der Waals surface area contributed by atoms with Gasteiger partial charge in [0.2, 0.25) is 0 Å². The van der Waals surface area contributed by atoms with E-state index in [4.69, 9.17) is 11.6 Å². The van der Waals surface area contributed by atoms with Crippen molar-refractivity contribution in [3.05, 3.63) is 28.7 Å². The molecule has 0 N–H and O–H groups in total. The van der Waals surface area contributed by atoms with Gasteiger partial charge in [0.05, 0.1) is 5.56 Å². The van der Waals surface area contributed by atoms with Crippen LogP contribution in [0.3, 0.4) is 0 Å². The van der Waals surface area contributed by atoms with Crippen molar-refractivity contribution in [1.82, 2.24) is 14.6 Å². The molecule has 0 aliphatic rings. The Morgan fingerprint density at radius 1 is 1.00 bits per heavy atom. The van der Waals surface area contributed by atoms with E-state index in [9.17, 15) is 26.3 Å². The molecule has 0 aromatic carbocycles. The number of halogens is 7. The molecule has 10 heteroatoms. The molecule has 98 valence electrons. The van der Waals surface area contributed by atoms with Crippen LogP contribution in [0.2, 0.25) is 5.15 Å². The van der Waals surface area contributed by atoms with E-state index in [1.165, 1.54) is 0 Å². The van der Waals surface area contributed by atoms with Gasteiger partial charge in [-0.05, 0) is 12.1 Å². The Kier molecular flexibility index (Phi) is 2.69. The maximum atomic E-state index is 12.4. The lowest BCUT2D eigenvalue weighted by Crippen LogP contribution is -2.08. The summed E-state index contributed by atoms with van der Waals surface area (Å²) in [5.41, 5.74) is -1.82. The van der Waals surface area contributed by atoms with Gasteiger partial charge in [0.15, 0.2) is 5.65 Å². The fourth-order valence-corrected chi connectivity index (χ4v) is 1.47. The lowest BCUT2D eigenvalue weighted by molar-refractivity contribution is -0.144. The quantitative estimate of drug-likeness (QED) is 0.549.